The van der Waals surface area contributed by atoms with Crippen molar-refractivity contribution in [3.8, 4) is 0 Å². The Morgan fingerprint density at radius 3 is 1.52 bits per heavy atom. The molecule has 0 amide bonds. The summed E-state index contributed by atoms with van der Waals surface area (Å²) in [5.74, 6) is 0. The highest BCUT2D eigenvalue weighted by Gasteiger charge is 2.39. The fourth-order valence-electron chi connectivity index (χ4n) is 5.90. The summed E-state index contributed by atoms with van der Waals surface area (Å²) < 4.78 is 0. The number of allylic oxidation sites excluding steroid dienone is 1. The molecule has 7 rings (SSSR count). The van der Waals surface area contributed by atoms with Crippen LogP contribution >= 0.6 is 0 Å². The number of hydrogen-bond acceptors (Lipinski definition) is 0. The first kappa shape index (κ1) is 18.4. The molecule has 0 spiro atoms. The molecule has 0 radical (unpaired) electrons. The summed E-state index contributed by atoms with van der Waals surface area (Å²) in [7, 11) is 0. The average molecular weight is 419 g/mol. The molecule has 6 aromatic carbocycles. The third-order valence-corrected chi connectivity index (χ3v) is 7.30. The molecule has 154 valence electrons. The van der Waals surface area contributed by atoms with Gasteiger partial charge in [-0.05, 0) is 54.6 Å². The summed E-state index contributed by atoms with van der Waals surface area (Å²) in [6.07, 6.45) is 4.77. The number of fused-ring (bicyclic) bond motifs is 2. The van der Waals surface area contributed by atoms with E-state index in [1.165, 1.54) is 54.6 Å². The van der Waals surface area contributed by atoms with Crippen molar-refractivity contribution >= 4 is 38.4 Å². The van der Waals surface area contributed by atoms with E-state index in [4.69, 9.17) is 0 Å². The Bertz CT molecular complexity index is 1620. The molecule has 0 heterocycles. The lowest BCUT2D eigenvalue weighted by atomic mass is 9.63. The van der Waals surface area contributed by atoms with Gasteiger partial charge in [-0.3, -0.25) is 0 Å². The van der Waals surface area contributed by atoms with Crippen LogP contribution < -0.4 is 0 Å². The van der Waals surface area contributed by atoms with Gasteiger partial charge in [-0.1, -0.05) is 133 Å². The third kappa shape index (κ3) is 2.52. The number of hydrogen-bond donors (Lipinski definition) is 0. The van der Waals surface area contributed by atoms with Crippen LogP contribution in [-0.4, -0.2) is 0 Å². The fourth-order valence-corrected chi connectivity index (χ4v) is 5.90. The lowest BCUT2D eigenvalue weighted by molar-refractivity contribution is 0.803. The van der Waals surface area contributed by atoms with E-state index < -0.39 is 5.41 Å². The van der Waals surface area contributed by atoms with Crippen LogP contribution in [0, 0.1) is 0 Å². The largest absolute Gasteiger partial charge is 0.0653 e. The zero-order valence-electron chi connectivity index (χ0n) is 18.2. The second-order valence-electron chi connectivity index (χ2n) is 8.95. The van der Waals surface area contributed by atoms with Crippen molar-refractivity contribution in [3.05, 3.63) is 150 Å². The van der Waals surface area contributed by atoms with E-state index in [9.17, 15) is 0 Å². The Balaban J connectivity index is 1.72. The Labute approximate surface area is 193 Å². The van der Waals surface area contributed by atoms with Gasteiger partial charge in [0.25, 0.3) is 0 Å². The highest BCUT2D eigenvalue weighted by atomic mass is 14.4. The van der Waals surface area contributed by atoms with Crippen LogP contribution in [0.5, 0.6) is 0 Å². The van der Waals surface area contributed by atoms with Crippen molar-refractivity contribution in [1.82, 2.24) is 0 Å². The van der Waals surface area contributed by atoms with Gasteiger partial charge in [0.05, 0.1) is 5.41 Å². The van der Waals surface area contributed by atoms with Gasteiger partial charge in [-0.25, -0.2) is 0 Å². The standard InChI is InChI=1S/C33H22/c1-3-16-27-23(9-1)11-6-18-29(27)33(30-19-7-12-24-10-2-4-17-28(24)30)22-21-26-14-5-13-25-15-8-20-31(33)32(25)26/h1-22H. The molecule has 0 nitrogen and oxygen atoms in total. The van der Waals surface area contributed by atoms with Gasteiger partial charge in [0.2, 0.25) is 0 Å². The molecule has 1 aliphatic rings. The minimum absolute atomic E-state index is 0.393. The summed E-state index contributed by atoms with van der Waals surface area (Å²) in [5.41, 5.74) is 4.91. The molecule has 33 heavy (non-hydrogen) atoms. The quantitative estimate of drug-likeness (QED) is 0.264. The highest BCUT2D eigenvalue weighted by molar-refractivity contribution is 6.02. The van der Waals surface area contributed by atoms with Gasteiger partial charge in [-0.2, -0.15) is 0 Å². The first-order valence-electron chi connectivity index (χ1n) is 11.5. The predicted octanol–water partition coefficient (Wildman–Crippen LogP) is 8.51. The minimum atomic E-state index is -0.393. The van der Waals surface area contributed by atoms with Gasteiger partial charge in [0.15, 0.2) is 0 Å². The van der Waals surface area contributed by atoms with Gasteiger partial charge >= 0.3 is 0 Å². The summed E-state index contributed by atoms with van der Waals surface area (Å²) in [4.78, 5) is 0. The molecule has 0 aliphatic heterocycles. The van der Waals surface area contributed by atoms with E-state index >= 15 is 0 Å². The maximum absolute atomic E-state index is 2.44. The van der Waals surface area contributed by atoms with Crippen LogP contribution in [0.2, 0.25) is 0 Å². The van der Waals surface area contributed by atoms with Crippen molar-refractivity contribution < 1.29 is 0 Å². The van der Waals surface area contributed by atoms with E-state index in [1.54, 1.807) is 0 Å². The molecule has 0 saturated carbocycles. The third-order valence-electron chi connectivity index (χ3n) is 7.30. The number of benzene rings is 6. The van der Waals surface area contributed by atoms with E-state index in [2.05, 4.69) is 133 Å². The molecule has 0 heteroatoms. The molecule has 0 aromatic heterocycles. The second kappa shape index (κ2) is 6.92. The first-order chi connectivity index (χ1) is 16.4. The van der Waals surface area contributed by atoms with Gasteiger partial charge in [-0.15, -0.1) is 0 Å². The second-order valence-corrected chi connectivity index (χ2v) is 8.95. The summed E-state index contributed by atoms with van der Waals surface area (Å²) in [6.45, 7) is 0. The Kier molecular flexibility index (Phi) is 3.86. The Morgan fingerprint density at radius 2 is 0.879 bits per heavy atom. The maximum Gasteiger partial charge on any atom is 0.0653 e. The highest BCUT2D eigenvalue weighted by Crippen LogP contribution is 2.50. The molecule has 0 fully saturated rings. The molecule has 0 N–H and O–H groups in total. The van der Waals surface area contributed by atoms with Gasteiger partial charge in [0.1, 0.15) is 0 Å². The van der Waals surface area contributed by atoms with Gasteiger partial charge < -0.3 is 0 Å². The van der Waals surface area contributed by atoms with E-state index in [-0.39, 0.29) is 0 Å². The molecule has 0 saturated heterocycles. The molecule has 0 atom stereocenters. The van der Waals surface area contributed by atoms with Crippen LogP contribution in [0.4, 0.5) is 0 Å². The van der Waals surface area contributed by atoms with Crippen LogP contribution in [0.25, 0.3) is 38.4 Å². The molecule has 0 bridgehead atoms. The Morgan fingerprint density at radius 1 is 0.394 bits per heavy atom. The van der Waals surface area contributed by atoms with Crippen molar-refractivity contribution in [2.45, 2.75) is 5.41 Å². The minimum Gasteiger partial charge on any atom is -0.0645 e. The van der Waals surface area contributed by atoms with Gasteiger partial charge in [0, 0.05) is 0 Å². The Hall–Kier alpha value is -4.16. The average Bonchev–Trinajstić information content (AvgIpc) is 2.89. The number of rotatable bonds is 2. The van der Waals surface area contributed by atoms with Crippen molar-refractivity contribution in [3.63, 3.8) is 0 Å². The van der Waals surface area contributed by atoms with Crippen molar-refractivity contribution in [1.29, 1.82) is 0 Å². The molecular weight excluding hydrogens is 396 g/mol. The van der Waals surface area contributed by atoms with Crippen molar-refractivity contribution in [2.75, 3.05) is 0 Å². The first-order valence-corrected chi connectivity index (χ1v) is 11.5. The zero-order chi connectivity index (χ0) is 21.8. The summed E-state index contributed by atoms with van der Waals surface area (Å²) in [5, 5.41) is 7.79. The SMILES string of the molecule is C1=CC(c2cccc3ccccc23)(c2cccc3ccccc23)c2cccc3cccc1c23. The monoisotopic (exact) mass is 418 g/mol. The van der Waals surface area contributed by atoms with Crippen LogP contribution in [0.3, 0.4) is 0 Å². The van der Waals surface area contributed by atoms with E-state index in [0.29, 0.717) is 0 Å². The lowest BCUT2D eigenvalue weighted by Gasteiger charge is -2.38. The zero-order valence-corrected chi connectivity index (χ0v) is 18.2. The molecule has 6 aromatic rings. The normalized spacial score (nSPS) is 14.2. The summed E-state index contributed by atoms with van der Waals surface area (Å²) in [6, 6.07) is 44.5. The van der Waals surface area contributed by atoms with Crippen LogP contribution in [-0.2, 0) is 5.41 Å². The van der Waals surface area contributed by atoms with Crippen LogP contribution in [0.1, 0.15) is 22.3 Å². The molecule has 0 unspecified atom stereocenters. The summed E-state index contributed by atoms with van der Waals surface area (Å²) >= 11 is 0. The smallest absolute Gasteiger partial charge is 0.0645 e. The lowest BCUT2D eigenvalue weighted by Crippen LogP contribution is -2.29. The van der Waals surface area contributed by atoms with Crippen LogP contribution in [0.15, 0.2) is 127 Å². The topological polar surface area (TPSA) is 0 Å². The molecule has 1 aliphatic carbocycles. The maximum atomic E-state index is 2.44. The van der Waals surface area contributed by atoms with E-state index in [0.717, 1.165) is 0 Å². The van der Waals surface area contributed by atoms with Crippen molar-refractivity contribution in [2.24, 2.45) is 0 Å². The fraction of sp³-hybridized carbons (Fsp3) is 0.0303. The molecular formula is C33H22. The predicted molar refractivity (Wildman–Crippen MR) is 141 cm³/mol. The van der Waals surface area contributed by atoms with E-state index in [1.807, 2.05) is 0 Å².